The van der Waals surface area contributed by atoms with E-state index in [1.54, 1.807) is 19.1 Å². The molecule has 1 atom stereocenters. The van der Waals surface area contributed by atoms with Gasteiger partial charge in [-0.05, 0) is 49.9 Å². The molecule has 35 heavy (non-hydrogen) atoms. The van der Waals surface area contributed by atoms with Crippen LogP contribution in [0.2, 0.25) is 0 Å². The summed E-state index contributed by atoms with van der Waals surface area (Å²) in [6.45, 7) is 2.04. The van der Waals surface area contributed by atoms with E-state index in [4.69, 9.17) is 10.5 Å². The molecule has 6 rings (SSSR count). The first-order chi connectivity index (χ1) is 16.9. The molecular weight excluding hydrogens is 459 g/mol. The number of anilines is 1. The van der Waals surface area contributed by atoms with E-state index < -0.39 is 29.2 Å². The van der Waals surface area contributed by atoms with Crippen LogP contribution in [0.15, 0.2) is 35.4 Å². The number of nitrogens with two attached hydrogens (primary N) is 1. The molecular formula is C25H20F3N5O2. The van der Waals surface area contributed by atoms with Crippen LogP contribution in [0.3, 0.4) is 0 Å². The number of benzene rings is 2. The SMILES string of the molecule is Cc1c(F)c2c(-c3cc(F)c(F)c4c3cnn4C3CCCCO3)c(N)c(=O)[nH]c2c2cccnc12. The fourth-order valence-electron chi connectivity index (χ4n) is 5.02. The minimum Gasteiger partial charge on any atom is -0.394 e. The predicted octanol–water partition coefficient (Wildman–Crippen LogP) is 5.10. The van der Waals surface area contributed by atoms with Gasteiger partial charge in [0.05, 0.1) is 17.2 Å². The summed E-state index contributed by atoms with van der Waals surface area (Å²) in [5.74, 6) is -2.93. The van der Waals surface area contributed by atoms with Gasteiger partial charge in [-0.25, -0.2) is 17.9 Å². The Morgan fingerprint density at radius 3 is 2.80 bits per heavy atom. The van der Waals surface area contributed by atoms with Gasteiger partial charge in [-0.1, -0.05) is 0 Å². The van der Waals surface area contributed by atoms with Gasteiger partial charge >= 0.3 is 0 Å². The number of pyridine rings is 2. The molecule has 1 saturated heterocycles. The third kappa shape index (κ3) is 3.06. The standard InChI is InChI=1S/C25H20F3N5O2/c1-11-19(27)18-17(21(29)25(34)32-23(18)12-5-4-7-30-22(11)12)13-9-15(26)20(28)24-14(13)10-31-33(24)16-6-2-3-8-35-16/h4-5,7,9-10,16H,2-3,6,8,29H2,1H3,(H,32,34). The normalized spacial score (nSPS) is 16.5. The molecule has 1 aliphatic rings. The first kappa shape index (κ1) is 21.6. The zero-order valence-electron chi connectivity index (χ0n) is 18.7. The second kappa shape index (κ2) is 7.81. The van der Waals surface area contributed by atoms with Gasteiger partial charge in [-0.2, -0.15) is 5.10 Å². The molecule has 4 heterocycles. The van der Waals surface area contributed by atoms with Crippen LogP contribution in [0.25, 0.3) is 43.8 Å². The molecule has 178 valence electrons. The number of aromatic amines is 1. The Morgan fingerprint density at radius 2 is 2.03 bits per heavy atom. The van der Waals surface area contributed by atoms with Crippen molar-refractivity contribution in [2.75, 3.05) is 12.3 Å². The summed E-state index contributed by atoms with van der Waals surface area (Å²) in [5, 5.41) is 4.98. The Hall–Kier alpha value is -3.92. The van der Waals surface area contributed by atoms with Crippen molar-refractivity contribution in [2.45, 2.75) is 32.4 Å². The lowest BCUT2D eigenvalue weighted by Crippen LogP contribution is -2.19. The third-order valence-electron chi connectivity index (χ3n) is 6.71. The van der Waals surface area contributed by atoms with E-state index in [2.05, 4.69) is 15.1 Å². The van der Waals surface area contributed by atoms with E-state index in [9.17, 15) is 9.18 Å². The van der Waals surface area contributed by atoms with Crippen LogP contribution in [0.4, 0.5) is 18.9 Å². The van der Waals surface area contributed by atoms with Crippen molar-refractivity contribution in [1.29, 1.82) is 0 Å². The number of hydrogen-bond acceptors (Lipinski definition) is 5. The summed E-state index contributed by atoms with van der Waals surface area (Å²) in [4.78, 5) is 19.8. The van der Waals surface area contributed by atoms with Crippen LogP contribution in [0.5, 0.6) is 0 Å². The Bertz CT molecular complexity index is 1720. The Kier molecular flexibility index (Phi) is 4.82. The molecule has 3 aromatic heterocycles. The highest BCUT2D eigenvalue weighted by Crippen LogP contribution is 2.42. The molecule has 1 unspecified atom stereocenters. The molecule has 0 amide bonds. The van der Waals surface area contributed by atoms with Crippen LogP contribution < -0.4 is 11.3 Å². The largest absolute Gasteiger partial charge is 0.394 e. The number of aromatic nitrogens is 4. The Morgan fingerprint density at radius 1 is 1.20 bits per heavy atom. The lowest BCUT2D eigenvalue weighted by Gasteiger charge is -2.23. The van der Waals surface area contributed by atoms with E-state index in [1.807, 2.05) is 0 Å². The number of nitrogens with zero attached hydrogens (tertiary/aromatic N) is 3. The molecule has 0 aliphatic carbocycles. The van der Waals surface area contributed by atoms with Crippen molar-refractivity contribution in [3.8, 4) is 11.1 Å². The second-order valence-corrected chi connectivity index (χ2v) is 8.72. The smallest absolute Gasteiger partial charge is 0.272 e. The van der Waals surface area contributed by atoms with Gasteiger partial charge in [0.1, 0.15) is 17.0 Å². The van der Waals surface area contributed by atoms with Gasteiger partial charge in [0.2, 0.25) is 0 Å². The molecule has 0 saturated carbocycles. The van der Waals surface area contributed by atoms with E-state index in [-0.39, 0.29) is 44.2 Å². The van der Waals surface area contributed by atoms with Gasteiger partial charge in [0, 0.05) is 40.1 Å². The van der Waals surface area contributed by atoms with Gasteiger partial charge < -0.3 is 15.5 Å². The summed E-state index contributed by atoms with van der Waals surface area (Å²) in [6.07, 6.45) is 4.64. The zero-order chi connectivity index (χ0) is 24.4. The number of ether oxygens (including phenoxy) is 1. The van der Waals surface area contributed by atoms with E-state index in [0.29, 0.717) is 23.9 Å². The van der Waals surface area contributed by atoms with Crippen molar-refractivity contribution in [2.24, 2.45) is 0 Å². The van der Waals surface area contributed by atoms with E-state index >= 15 is 8.78 Å². The first-order valence-electron chi connectivity index (χ1n) is 11.2. The molecule has 0 radical (unpaired) electrons. The fraction of sp³-hybridized carbons (Fsp3) is 0.240. The topological polar surface area (TPSA) is 98.8 Å². The number of rotatable bonds is 2. The van der Waals surface area contributed by atoms with Gasteiger partial charge in [0.25, 0.3) is 5.56 Å². The number of halogens is 3. The molecule has 10 heteroatoms. The monoisotopic (exact) mass is 479 g/mol. The molecule has 2 aromatic carbocycles. The quantitative estimate of drug-likeness (QED) is 0.343. The van der Waals surface area contributed by atoms with Crippen molar-refractivity contribution in [3.05, 3.63) is 64.0 Å². The highest BCUT2D eigenvalue weighted by molar-refractivity contribution is 6.15. The van der Waals surface area contributed by atoms with Gasteiger partial charge in [-0.3, -0.25) is 9.78 Å². The first-order valence-corrected chi connectivity index (χ1v) is 11.2. The van der Waals surface area contributed by atoms with Crippen molar-refractivity contribution >= 4 is 38.4 Å². The average Bonchev–Trinajstić information content (AvgIpc) is 3.32. The Balaban J connectivity index is 1.76. The molecule has 1 fully saturated rings. The molecule has 7 nitrogen and oxygen atoms in total. The molecule has 5 aromatic rings. The molecule has 0 spiro atoms. The number of H-pyrrole nitrogens is 1. The number of nitrogens with one attached hydrogen (secondary N) is 1. The number of aryl methyl sites for hydroxylation is 1. The number of nitrogen functional groups attached to an aromatic ring is 1. The van der Waals surface area contributed by atoms with Crippen LogP contribution in [-0.4, -0.2) is 26.4 Å². The average molecular weight is 479 g/mol. The van der Waals surface area contributed by atoms with Crippen LogP contribution in [-0.2, 0) is 4.74 Å². The minimum atomic E-state index is -1.17. The minimum absolute atomic E-state index is 0.00549. The maximum absolute atomic E-state index is 15.8. The van der Waals surface area contributed by atoms with Crippen LogP contribution in [0, 0.1) is 24.4 Å². The molecule has 0 bridgehead atoms. The van der Waals surface area contributed by atoms with Gasteiger partial charge in [-0.15, -0.1) is 0 Å². The van der Waals surface area contributed by atoms with Crippen molar-refractivity contribution in [3.63, 3.8) is 0 Å². The molecule has 3 N–H and O–H groups in total. The number of hydrogen-bond donors (Lipinski definition) is 2. The molecule has 1 aliphatic heterocycles. The van der Waals surface area contributed by atoms with Crippen LogP contribution >= 0.6 is 0 Å². The summed E-state index contributed by atoms with van der Waals surface area (Å²) < 4.78 is 53.0. The van der Waals surface area contributed by atoms with Gasteiger partial charge in [0.15, 0.2) is 17.9 Å². The maximum atomic E-state index is 15.8. The van der Waals surface area contributed by atoms with Crippen molar-refractivity contribution in [1.82, 2.24) is 19.7 Å². The fourth-order valence-corrected chi connectivity index (χ4v) is 5.02. The summed E-state index contributed by atoms with van der Waals surface area (Å²) in [5.41, 5.74) is 5.89. The Labute approximate surface area is 196 Å². The summed E-state index contributed by atoms with van der Waals surface area (Å²) >= 11 is 0. The summed E-state index contributed by atoms with van der Waals surface area (Å²) in [6, 6.07) is 4.29. The maximum Gasteiger partial charge on any atom is 0.272 e. The van der Waals surface area contributed by atoms with E-state index in [0.717, 1.165) is 18.9 Å². The zero-order valence-corrected chi connectivity index (χ0v) is 18.7. The van der Waals surface area contributed by atoms with E-state index in [1.165, 1.54) is 17.1 Å². The second-order valence-electron chi connectivity index (χ2n) is 8.72. The van der Waals surface area contributed by atoms with Crippen LogP contribution in [0.1, 0.15) is 31.1 Å². The lowest BCUT2D eigenvalue weighted by atomic mass is 9.93. The lowest BCUT2D eigenvalue weighted by molar-refractivity contribution is -0.0369. The third-order valence-corrected chi connectivity index (χ3v) is 6.71. The van der Waals surface area contributed by atoms with Crippen molar-refractivity contribution < 1.29 is 17.9 Å². The highest BCUT2D eigenvalue weighted by Gasteiger charge is 2.27. The predicted molar refractivity (Wildman–Crippen MR) is 126 cm³/mol. The highest BCUT2D eigenvalue weighted by atomic mass is 19.2. The summed E-state index contributed by atoms with van der Waals surface area (Å²) in [7, 11) is 0. The number of fused-ring (bicyclic) bond motifs is 4.